The van der Waals surface area contributed by atoms with E-state index in [1.54, 1.807) is 0 Å². The molecule has 0 radical (unpaired) electrons. The molecule has 128 valence electrons. The molecule has 2 aromatic carbocycles. The topological polar surface area (TPSA) is 119 Å². The maximum absolute atomic E-state index is 8.87. The lowest BCUT2D eigenvalue weighted by atomic mass is 10.1. The Bertz CT molecular complexity index is 702. The van der Waals surface area contributed by atoms with Gasteiger partial charge < -0.3 is 26.5 Å². The smallest absolute Gasteiger partial charge is 0.128 e. The fourth-order valence-corrected chi connectivity index (χ4v) is 3.02. The van der Waals surface area contributed by atoms with Gasteiger partial charge in [-0.05, 0) is 42.8 Å². The van der Waals surface area contributed by atoms with Gasteiger partial charge in [-0.1, -0.05) is 0 Å². The molecule has 0 saturated carbocycles. The van der Waals surface area contributed by atoms with Gasteiger partial charge in [0.1, 0.15) is 5.69 Å². The van der Waals surface area contributed by atoms with Crippen molar-refractivity contribution >= 4 is 17.1 Å². The molecule has 0 amide bonds. The standard InChI is InChI=1S/C18H20N4.2H2O/c1-14-12-16(20)4-7-18(14)22-10-8-21(9-11-22)17-5-2-15(13-19)3-6-17;;/h2-7,12H,8-11,20H2,1H3;2*1H2. The first kappa shape index (κ1) is 19.5. The zero-order valence-electron chi connectivity index (χ0n) is 13.9. The minimum atomic E-state index is 0. The number of rotatable bonds is 2. The number of anilines is 2. The molecule has 0 bridgehead atoms. The molecule has 3 rings (SSSR count). The van der Waals surface area contributed by atoms with Gasteiger partial charge in [-0.15, -0.1) is 0 Å². The normalized spacial score (nSPS) is 13.5. The van der Waals surface area contributed by atoms with Crippen LogP contribution >= 0.6 is 0 Å². The summed E-state index contributed by atoms with van der Waals surface area (Å²) < 4.78 is 0. The summed E-state index contributed by atoms with van der Waals surface area (Å²) >= 11 is 0. The highest BCUT2D eigenvalue weighted by Crippen LogP contribution is 2.24. The Morgan fingerprint density at radius 2 is 1.54 bits per heavy atom. The summed E-state index contributed by atoms with van der Waals surface area (Å²) in [6.45, 7) is 6.17. The minimum Gasteiger partial charge on any atom is -0.870 e. The van der Waals surface area contributed by atoms with Crippen molar-refractivity contribution in [3.8, 4) is 6.07 Å². The molecular formula is C18H24N4O2. The first-order chi connectivity index (χ1) is 10.7. The van der Waals surface area contributed by atoms with Gasteiger partial charge in [-0.2, -0.15) is 5.26 Å². The Labute approximate surface area is 142 Å². The predicted molar refractivity (Wildman–Crippen MR) is 94.9 cm³/mol. The van der Waals surface area contributed by atoms with Gasteiger partial charge >= 0.3 is 0 Å². The fourth-order valence-electron chi connectivity index (χ4n) is 3.02. The van der Waals surface area contributed by atoms with Gasteiger partial charge in [0.05, 0.1) is 11.6 Å². The monoisotopic (exact) mass is 328 g/mol. The first-order valence-corrected chi connectivity index (χ1v) is 7.60. The highest BCUT2D eigenvalue weighted by Gasteiger charge is 2.18. The van der Waals surface area contributed by atoms with E-state index in [-0.39, 0.29) is 11.0 Å². The van der Waals surface area contributed by atoms with E-state index in [0.717, 1.165) is 31.9 Å². The molecule has 1 aliphatic rings. The molecule has 0 aromatic heterocycles. The molecule has 6 heteroatoms. The largest absolute Gasteiger partial charge is 0.870 e. The van der Waals surface area contributed by atoms with Crippen molar-refractivity contribution in [3.05, 3.63) is 53.6 Å². The zero-order chi connectivity index (χ0) is 15.5. The number of nitrogens with zero attached hydrogens (tertiary/aromatic N) is 3. The van der Waals surface area contributed by atoms with Crippen LogP contribution in [0.3, 0.4) is 0 Å². The molecule has 1 heterocycles. The second-order valence-corrected chi connectivity index (χ2v) is 5.75. The van der Waals surface area contributed by atoms with Crippen LogP contribution in [-0.4, -0.2) is 37.1 Å². The van der Waals surface area contributed by atoms with Crippen molar-refractivity contribution in [2.75, 3.05) is 36.0 Å². The van der Waals surface area contributed by atoms with Crippen molar-refractivity contribution in [2.24, 2.45) is 0 Å². The fraction of sp³-hybridized carbons (Fsp3) is 0.278. The van der Waals surface area contributed by atoms with E-state index in [1.165, 1.54) is 16.9 Å². The zero-order valence-corrected chi connectivity index (χ0v) is 13.9. The quantitative estimate of drug-likeness (QED) is 0.886. The van der Waals surface area contributed by atoms with Gasteiger partial charge in [-0.25, -0.2) is 0 Å². The summed E-state index contributed by atoms with van der Waals surface area (Å²) in [6.07, 6.45) is 0. The molecule has 0 spiro atoms. The van der Waals surface area contributed by atoms with Gasteiger partial charge in [0.2, 0.25) is 0 Å². The van der Waals surface area contributed by atoms with E-state index < -0.39 is 0 Å². The summed E-state index contributed by atoms with van der Waals surface area (Å²) in [5.41, 5.74) is 9.57. The lowest BCUT2D eigenvalue weighted by molar-refractivity contribution is -0.254. The van der Waals surface area contributed by atoms with Crippen LogP contribution in [-0.2, 0) is 0 Å². The van der Waals surface area contributed by atoms with Crippen molar-refractivity contribution in [2.45, 2.75) is 6.92 Å². The molecular weight excluding hydrogens is 304 g/mol. The summed E-state index contributed by atoms with van der Waals surface area (Å²) in [5, 5.41) is 8.87. The third-order valence-electron chi connectivity index (χ3n) is 4.24. The van der Waals surface area contributed by atoms with E-state index >= 15 is 0 Å². The molecule has 6 N–H and O–H groups in total. The Kier molecular flexibility index (Phi) is 6.74. The van der Waals surface area contributed by atoms with E-state index in [0.29, 0.717) is 5.56 Å². The van der Waals surface area contributed by atoms with Gasteiger partial charge in [0.25, 0.3) is 0 Å². The van der Waals surface area contributed by atoms with Gasteiger partial charge in [0.15, 0.2) is 0 Å². The van der Waals surface area contributed by atoms with Crippen LogP contribution in [0.25, 0.3) is 0 Å². The lowest BCUT2D eigenvalue weighted by Crippen LogP contribution is -2.47. The Hall–Kier alpha value is -2.59. The molecule has 0 aliphatic carbocycles. The highest BCUT2D eigenvalue weighted by molar-refractivity contribution is 5.59. The Morgan fingerprint density at radius 1 is 0.958 bits per heavy atom. The van der Waals surface area contributed by atoms with Crippen LogP contribution in [0.15, 0.2) is 42.5 Å². The van der Waals surface area contributed by atoms with Crippen molar-refractivity contribution in [1.29, 1.82) is 5.26 Å². The summed E-state index contributed by atoms with van der Waals surface area (Å²) in [5.74, 6) is 0. The molecule has 2 aromatic rings. The molecule has 6 nitrogen and oxygen atoms in total. The minimum absolute atomic E-state index is 0. The number of piperazine rings is 1. The molecule has 1 fully saturated rings. The molecule has 0 unspecified atom stereocenters. The van der Waals surface area contributed by atoms with E-state index in [2.05, 4.69) is 46.7 Å². The molecule has 1 aliphatic heterocycles. The molecule has 1 saturated heterocycles. The van der Waals surface area contributed by atoms with Crippen LogP contribution in [0.1, 0.15) is 11.1 Å². The second-order valence-electron chi connectivity index (χ2n) is 5.75. The summed E-state index contributed by atoms with van der Waals surface area (Å²) in [4.78, 5) is 4.82. The maximum Gasteiger partial charge on any atom is 0.128 e. The lowest BCUT2D eigenvalue weighted by Gasteiger charge is -2.38. The maximum atomic E-state index is 8.87. The van der Waals surface area contributed by atoms with Crippen molar-refractivity contribution < 1.29 is 16.7 Å². The third-order valence-corrected chi connectivity index (χ3v) is 4.24. The van der Waals surface area contributed by atoms with Crippen LogP contribution in [0.4, 0.5) is 17.1 Å². The predicted octanol–water partition coefficient (Wildman–Crippen LogP) is 1.07. The van der Waals surface area contributed by atoms with Crippen LogP contribution in [0.2, 0.25) is 0 Å². The Balaban J connectivity index is 0.00000144. The van der Waals surface area contributed by atoms with E-state index in [9.17, 15) is 0 Å². The second kappa shape index (κ2) is 8.31. The van der Waals surface area contributed by atoms with Gasteiger partial charge in [0, 0.05) is 49.7 Å². The molecule has 24 heavy (non-hydrogen) atoms. The molecule has 0 atom stereocenters. The van der Waals surface area contributed by atoms with E-state index in [4.69, 9.17) is 5.26 Å². The van der Waals surface area contributed by atoms with Crippen molar-refractivity contribution in [1.82, 2.24) is 0 Å². The number of hydrogen-bond donors (Lipinski definition) is 1. The van der Waals surface area contributed by atoms with Crippen LogP contribution < -0.4 is 15.5 Å². The van der Waals surface area contributed by atoms with Crippen molar-refractivity contribution in [3.63, 3.8) is 0 Å². The SMILES string of the molecule is Cc1cc([NH3+])ccc1N1CCN(c2ccc(C#N)cc2)CC1.O.[OH-]. The number of benzene rings is 2. The summed E-state index contributed by atoms with van der Waals surface area (Å²) in [6, 6.07) is 16.4. The van der Waals surface area contributed by atoms with Crippen LogP contribution in [0, 0.1) is 18.3 Å². The van der Waals surface area contributed by atoms with Crippen LogP contribution in [0.5, 0.6) is 0 Å². The number of aryl methyl sites for hydroxylation is 1. The average Bonchev–Trinajstić information content (AvgIpc) is 2.55. The number of quaternary nitrogens is 1. The van der Waals surface area contributed by atoms with Gasteiger partial charge in [-0.3, -0.25) is 0 Å². The first-order valence-electron chi connectivity index (χ1n) is 7.60. The highest BCUT2D eigenvalue weighted by atomic mass is 16.0. The number of nitriles is 1. The van der Waals surface area contributed by atoms with E-state index in [1.807, 2.05) is 24.3 Å². The Morgan fingerprint density at radius 3 is 2.08 bits per heavy atom. The average molecular weight is 328 g/mol. The number of hydrogen-bond acceptors (Lipinski definition) is 4. The summed E-state index contributed by atoms with van der Waals surface area (Å²) in [7, 11) is 0. The third kappa shape index (κ3) is 4.03.